The van der Waals surface area contributed by atoms with Crippen molar-refractivity contribution in [2.24, 2.45) is 5.41 Å². The molecular weight excluding hydrogens is 372 g/mol. The smallest absolute Gasteiger partial charge is 0.255 e. The molecule has 0 saturated heterocycles. The van der Waals surface area contributed by atoms with Gasteiger partial charge in [0, 0.05) is 33.5 Å². The second-order valence-corrected chi connectivity index (χ2v) is 7.93. The highest BCUT2D eigenvalue weighted by Gasteiger charge is 2.21. The molecule has 2 N–H and O–H groups in total. The standard InChI is InChI=1S/C26H24N2O2/c1-26(2,3)25(30)28-23-17-15-22(16-18-23)27-24(29)21-13-11-20(12-14-21)10-9-19-7-5-4-6-8-19/h4-8,11-18H,1-3H3,(H,27,29)(H,28,30). The molecule has 0 aliphatic heterocycles. The highest BCUT2D eigenvalue weighted by molar-refractivity contribution is 6.04. The maximum Gasteiger partial charge on any atom is 0.255 e. The number of anilines is 2. The van der Waals surface area contributed by atoms with Gasteiger partial charge in [-0.05, 0) is 60.7 Å². The Morgan fingerprint density at radius 3 is 1.70 bits per heavy atom. The Balaban J connectivity index is 1.61. The summed E-state index contributed by atoms with van der Waals surface area (Å²) in [5, 5.41) is 5.72. The van der Waals surface area contributed by atoms with Gasteiger partial charge in [-0.25, -0.2) is 0 Å². The molecule has 30 heavy (non-hydrogen) atoms. The Bertz CT molecular complexity index is 1080. The molecule has 0 fully saturated rings. The van der Waals surface area contributed by atoms with E-state index in [0.717, 1.165) is 11.1 Å². The third-order valence-corrected chi connectivity index (χ3v) is 4.35. The lowest BCUT2D eigenvalue weighted by Crippen LogP contribution is -2.27. The van der Waals surface area contributed by atoms with Gasteiger partial charge in [0.15, 0.2) is 0 Å². The zero-order valence-corrected chi connectivity index (χ0v) is 17.3. The van der Waals surface area contributed by atoms with Crippen LogP contribution in [0.15, 0.2) is 78.9 Å². The first kappa shape index (κ1) is 20.9. The highest BCUT2D eigenvalue weighted by Crippen LogP contribution is 2.19. The molecule has 0 saturated carbocycles. The van der Waals surface area contributed by atoms with Crippen LogP contribution in [0.4, 0.5) is 11.4 Å². The summed E-state index contributed by atoms with van der Waals surface area (Å²) in [4.78, 5) is 24.5. The van der Waals surface area contributed by atoms with E-state index in [0.29, 0.717) is 16.9 Å². The van der Waals surface area contributed by atoms with E-state index >= 15 is 0 Å². The molecule has 0 atom stereocenters. The zero-order valence-electron chi connectivity index (χ0n) is 17.3. The van der Waals surface area contributed by atoms with Crippen molar-refractivity contribution in [3.05, 3.63) is 95.6 Å². The van der Waals surface area contributed by atoms with Crippen LogP contribution in [0.25, 0.3) is 0 Å². The lowest BCUT2D eigenvalue weighted by atomic mass is 9.95. The summed E-state index contributed by atoms with van der Waals surface area (Å²) in [6, 6.07) is 24.0. The zero-order chi connectivity index (χ0) is 21.6. The van der Waals surface area contributed by atoms with Crippen LogP contribution in [0.2, 0.25) is 0 Å². The molecule has 0 aliphatic carbocycles. The van der Waals surface area contributed by atoms with Crippen LogP contribution in [0, 0.1) is 17.3 Å². The second kappa shape index (κ2) is 9.11. The molecule has 0 radical (unpaired) electrons. The van der Waals surface area contributed by atoms with Gasteiger partial charge < -0.3 is 10.6 Å². The number of nitrogens with one attached hydrogen (secondary N) is 2. The Labute approximate surface area is 177 Å². The lowest BCUT2D eigenvalue weighted by Gasteiger charge is -2.17. The van der Waals surface area contributed by atoms with Crippen LogP contribution < -0.4 is 10.6 Å². The van der Waals surface area contributed by atoms with Crippen molar-refractivity contribution in [2.75, 3.05) is 10.6 Å². The number of hydrogen-bond acceptors (Lipinski definition) is 2. The van der Waals surface area contributed by atoms with E-state index in [9.17, 15) is 9.59 Å². The van der Waals surface area contributed by atoms with E-state index in [4.69, 9.17) is 0 Å². The molecule has 4 nitrogen and oxygen atoms in total. The fourth-order valence-electron chi connectivity index (χ4n) is 2.53. The third-order valence-electron chi connectivity index (χ3n) is 4.35. The summed E-state index contributed by atoms with van der Waals surface area (Å²) in [6.07, 6.45) is 0. The van der Waals surface area contributed by atoms with Gasteiger partial charge in [0.25, 0.3) is 5.91 Å². The number of amides is 2. The van der Waals surface area contributed by atoms with Crippen molar-refractivity contribution in [1.82, 2.24) is 0 Å². The minimum Gasteiger partial charge on any atom is -0.326 e. The summed E-state index contributed by atoms with van der Waals surface area (Å²) in [5.41, 5.74) is 3.21. The second-order valence-electron chi connectivity index (χ2n) is 7.93. The molecule has 2 amide bonds. The number of carbonyl (C=O) groups excluding carboxylic acids is 2. The van der Waals surface area contributed by atoms with Gasteiger partial charge in [-0.2, -0.15) is 0 Å². The molecular formula is C26H24N2O2. The molecule has 150 valence electrons. The van der Waals surface area contributed by atoms with Gasteiger partial charge in [-0.3, -0.25) is 9.59 Å². The molecule has 4 heteroatoms. The molecule has 0 unspecified atom stereocenters. The van der Waals surface area contributed by atoms with Crippen LogP contribution >= 0.6 is 0 Å². The van der Waals surface area contributed by atoms with Gasteiger partial charge in [0.1, 0.15) is 0 Å². The average molecular weight is 396 g/mol. The maximum atomic E-state index is 12.5. The van der Waals surface area contributed by atoms with Gasteiger partial charge in [-0.1, -0.05) is 50.8 Å². The monoisotopic (exact) mass is 396 g/mol. The van der Waals surface area contributed by atoms with E-state index in [2.05, 4.69) is 22.5 Å². The first-order valence-corrected chi connectivity index (χ1v) is 9.71. The SMILES string of the molecule is CC(C)(C)C(=O)Nc1ccc(NC(=O)c2ccc(C#Cc3ccccc3)cc2)cc1. The normalized spacial score (nSPS) is 10.5. The van der Waals surface area contributed by atoms with Crippen LogP contribution in [-0.4, -0.2) is 11.8 Å². The first-order chi connectivity index (χ1) is 14.3. The third kappa shape index (κ3) is 5.83. The lowest BCUT2D eigenvalue weighted by molar-refractivity contribution is -0.123. The van der Waals surface area contributed by atoms with Gasteiger partial charge >= 0.3 is 0 Å². The average Bonchev–Trinajstić information content (AvgIpc) is 2.74. The largest absolute Gasteiger partial charge is 0.326 e. The van der Waals surface area contributed by atoms with Crippen molar-refractivity contribution in [1.29, 1.82) is 0 Å². The highest BCUT2D eigenvalue weighted by atomic mass is 16.2. The summed E-state index contributed by atoms with van der Waals surface area (Å²) in [7, 11) is 0. The Morgan fingerprint density at radius 2 is 1.17 bits per heavy atom. The summed E-state index contributed by atoms with van der Waals surface area (Å²) in [5.74, 6) is 5.92. The van der Waals surface area contributed by atoms with Crippen molar-refractivity contribution < 1.29 is 9.59 Å². The molecule has 3 aromatic carbocycles. The fraction of sp³-hybridized carbons (Fsp3) is 0.154. The molecule has 0 spiro atoms. The molecule has 0 aromatic heterocycles. The Morgan fingerprint density at radius 1 is 0.667 bits per heavy atom. The van der Waals surface area contributed by atoms with Crippen LogP contribution in [0.1, 0.15) is 42.3 Å². The maximum absolute atomic E-state index is 12.5. The molecule has 0 aliphatic rings. The van der Waals surface area contributed by atoms with Crippen molar-refractivity contribution in [3.63, 3.8) is 0 Å². The minimum absolute atomic E-state index is 0.0604. The molecule has 0 bridgehead atoms. The van der Waals surface area contributed by atoms with Crippen LogP contribution in [-0.2, 0) is 4.79 Å². The Kier molecular flexibility index (Phi) is 6.34. The molecule has 3 rings (SSSR count). The topological polar surface area (TPSA) is 58.2 Å². The summed E-state index contributed by atoms with van der Waals surface area (Å²) in [6.45, 7) is 5.57. The quantitative estimate of drug-likeness (QED) is 0.589. The van der Waals surface area contributed by atoms with E-state index in [-0.39, 0.29) is 11.8 Å². The van der Waals surface area contributed by atoms with Crippen molar-refractivity contribution in [2.45, 2.75) is 20.8 Å². The number of benzene rings is 3. The minimum atomic E-state index is -0.468. The number of rotatable bonds is 3. The van der Waals surface area contributed by atoms with E-state index in [1.165, 1.54) is 0 Å². The predicted octanol–water partition coefficient (Wildman–Crippen LogP) is 5.32. The van der Waals surface area contributed by atoms with Crippen molar-refractivity contribution >= 4 is 23.2 Å². The van der Waals surface area contributed by atoms with E-state index < -0.39 is 5.41 Å². The van der Waals surface area contributed by atoms with E-state index in [1.807, 2.05) is 63.2 Å². The predicted molar refractivity (Wildman–Crippen MR) is 121 cm³/mol. The number of hydrogen-bond donors (Lipinski definition) is 2. The van der Waals surface area contributed by atoms with Gasteiger partial charge in [-0.15, -0.1) is 0 Å². The molecule has 3 aromatic rings. The van der Waals surface area contributed by atoms with Crippen molar-refractivity contribution in [3.8, 4) is 11.8 Å². The fourth-order valence-corrected chi connectivity index (χ4v) is 2.53. The molecule has 0 heterocycles. The Hall–Kier alpha value is -3.84. The first-order valence-electron chi connectivity index (χ1n) is 9.71. The number of carbonyl (C=O) groups is 2. The van der Waals surface area contributed by atoms with Crippen LogP contribution in [0.5, 0.6) is 0 Å². The van der Waals surface area contributed by atoms with Gasteiger partial charge in [0.05, 0.1) is 0 Å². The van der Waals surface area contributed by atoms with Gasteiger partial charge in [0.2, 0.25) is 5.91 Å². The van der Waals surface area contributed by atoms with Crippen LogP contribution in [0.3, 0.4) is 0 Å². The summed E-state index contributed by atoms with van der Waals surface area (Å²) >= 11 is 0. The summed E-state index contributed by atoms with van der Waals surface area (Å²) < 4.78 is 0. The van der Waals surface area contributed by atoms with E-state index in [1.54, 1.807) is 36.4 Å².